The van der Waals surface area contributed by atoms with Crippen molar-refractivity contribution in [1.82, 2.24) is 14.8 Å². The molecule has 3 N–H and O–H groups in total. The third kappa shape index (κ3) is 3.18. The summed E-state index contributed by atoms with van der Waals surface area (Å²) in [7, 11) is 0. The molecule has 0 amide bonds. The predicted octanol–water partition coefficient (Wildman–Crippen LogP) is -0.0711. The van der Waals surface area contributed by atoms with E-state index in [9.17, 15) is 4.79 Å². The van der Waals surface area contributed by atoms with Crippen LogP contribution in [0.1, 0.15) is 11.3 Å². The Balaban J connectivity index is 2.22. The van der Waals surface area contributed by atoms with Crippen molar-refractivity contribution in [2.45, 2.75) is 6.54 Å². The van der Waals surface area contributed by atoms with Crippen LogP contribution >= 0.6 is 0 Å². The van der Waals surface area contributed by atoms with Crippen molar-refractivity contribution < 1.29 is 0 Å². The van der Waals surface area contributed by atoms with Gasteiger partial charge in [0, 0.05) is 30.9 Å². The first-order valence-corrected chi connectivity index (χ1v) is 6.09. The number of nitrogens with zero attached hydrogens (tertiary/aromatic N) is 4. The molecule has 0 unspecified atom stereocenters. The summed E-state index contributed by atoms with van der Waals surface area (Å²) >= 11 is 0. The van der Waals surface area contributed by atoms with Crippen molar-refractivity contribution in [3.63, 3.8) is 0 Å². The molecule has 7 nitrogen and oxygen atoms in total. The van der Waals surface area contributed by atoms with Crippen LogP contribution in [0.2, 0.25) is 0 Å². The summed E-state index contributed by atoms with van der Waals surface area (Å²) in [6.07, 6.45) is 3.09. The highest BCUT2D eigenvalue weighted by molar-refractivity contribution is 5.39. The molecule has 2 aromatic rings. The molecule has 0 saturated carbocycles. The molecule has 20 heavy (non-hydrogen) atoms. The highest BCUT2D eigenvalue weighted by Crippen LogP contribution is 2.05. The molecule has 0 aliphatic carbocycles. The molecule has 102 valence electrons. The molecule has 0 fully saturated rings. The van der Waals surface area contributed by atoms with Crippen molar-refractivity contribution in [1.29, 1.82) is 5.26 Å². The van der Waals surface area contributed by atoms with Crippen LogP contribution in [0.3, 0.4) is 0 Å². The van der Waals surface area contributed by atoms with Gasteiger partial charge in [0.1, 0.15) is 11.8 Å². The van der Waals surface area contributed by atoms with Crippen molar-refractivity contribution in [2.75, 3.05) is 18.4 Å². The Hall–Kier alpha value is -2.72. The van der Waals surface area contributed by atoms with Crippen LogP contribution in [0.5, 0.6) is 0 Å². The van der Waals surface area contributed by atoms with Gasteiger partial charge in [0.25, 0.3) is 5.56 Å². The summed E-state index contributed by atoms with van der Waals surface area (Å²) in [5, 5.41) is 16.0. The number of pyridine rings is 1. The number of aromatic nitrogens is 3. The lowest BCUT2D eigenvalue weighted by atomic mass is 10.2. The SMILES string of the molecule is N#Cc1ncccc1Cn1ncc(NCCN)cc1=O. The molecule has 0 atom stereocenters. The minimum absolute atomic E-state index is 0.215. The number of nitrogens with two attached hydrogens (primary N) is 1. The van der Waals surface area contributed by atoms with E-state index in [2.05, 4.69) is 15.4 Å². The molecule has 2 aromatic heterocycles. The third-order valence-electron chi connectivity index (χ3n) is 2.66. The standard InChI is InChI=1S/C13H14N6O/c14-3-5-16-11-6-13(20)19(18-8-11)9-10-2-1-4-17-12(10)7-15/h1-2,4,6,8,16H,3,5,9,14H2. The maximum atomic E-state index is 11.9. The van der Waals surface area contributed by atoms with Crippen LogP contribution < -0.4 is 16.6 Å². The van der Waals surface area contributed by atoms with E-state index in [1.54, 1.807) is 18.3 Å². The second-order valence-corrected chi connectivity index (χ2v) is 4.08. The summed E-state index contributed by atoms with van der Waals surface area (Å²) in [6.45, 7) is 1.27. The van der Waals surface area contributed by atoms with Gasteiger partial charge in [0.2, 0.25) is 0 Å². The molecule has 7 heteroatoms. The maximum Gasteiger partial charge on any atom is 0.269 e. The van der Waals surface area contributed by atoms with E-state index in [1.807, 2.05) is 6.07 Å². The van der Waals surface area contributed by atoms with Gasteiger partial charge in [-0.3, -0.25) is 4.79 Å². The van der Waals surface area contributed by atoms with Gasteiger partial charge in [-0.1, -0.05) is 6.07 Å². The fourth-order valence-corrected chi connectivity index (χ4v) is 1.69. The molecule has 0 spiro atoms. The molecule has 0 radical (unpaired) electrons. The van der Waals surface area contributed by atoms with Gasteiger partial charge < -0.3 is 11.1 Å². The summed E-state index contributed by atoms with van der Waals surface area (Å²) < 4.78 is 1.28. The van der Waals surface area contributed by atoms with Crippen LogP contribution in [0.15, 0.2) is 35.4 Å². The Morgan fingerprint density at radius 2 is 2.35 bits per heavy atom. The first-order valence-electron chi connectivity index (χ1n) is 6.09. The van der Waals surface area contributed by atoms with Gasteiger partial charge in [0.15, 0.2) is 0 Å². The van der Waals surface area contributed by atoms with E-state index in [4.69, 9.17) is 11.0 Å². The summed E-state index contributed by atoms with van der Waals surface area (Å²) in [5.74, 6) is 0. The number of rotatable bonds is 5. The van der Waals surface area contributed by atoms with Crippen LogP contribution in [0.4, 0.5) is 5.69 Å². The normalized spacial score (nSPS) is 10.0. The molecular weight excluding hydrogens is 256 g/mol. The van der Waals surface area contributed by atoms with Gasteiger partial charge in [-0.25, -0.2) is 9.67 Å². The number of nitriles is 1. The first-order chi connectivity index (χ1) is 9.74. The number of hydrogen-bond donors (Lipinski definition) is 2. The van der Waals surface area contributed by atoms with E-state index >= 15 is 0 Å². The third-order valence-corrected chi connectivity index (χ3v) is 2.66. The minimum Gasteiger partial charge on any atom is -0.382 e. The largest absolute Gasteiger partial charge is 0.382 e. The van der Waals surface area contributed by atoms with Crippen molar-refractivity contribution >= 4 is 5.69 Å². The fourth-order valence-electron chi connectivity index (χ4n) is 1.69. The molecule has 2 heterocycles. The Morgan fingerprint density at radius 3 is 3.05 bits per heavy atom. The molecule has 0 aromatic carbocycles. The number of anilines is 1. The van der Waals surface area contributed by atoms with Gasteiger partial charge in [-0.15, -0.1) is 0 Å². The summed E-state index contributed by atoms with van der Waals surface area (Å²) in [6, 6.07) is 6.91. The van der Waals surface area contributed by atoms with Gasteiger partial charge in [0.05, 0.1) is 18.4 Å². The molecule has 2 rings (SSSR count). The zero-order valence-corrected chi connectivity index (χ0v) is 10.8. The van der Waals surface area contributed by atoms with Gasteiger partial charge in [-0.05, 0) is 6.07 Å². The molecule has 0 aliphatic rings. The average Bonchev–Trinajstić information content (AvgIpc) is 2.48. The van der Waals surface area contributed by atoms with Crippen molar-refractivity contribution in [2.24, 2.45) is 5.73 Å². The Kier molecular flexibility index (Phi) is 4.42. The zero-order valence-electron chi connectivity index (χ0n) is 10.8. The summed E-state index contributed by atoms with van der Waals surface area (Å²) in [4.78, 5) is 15.9. The van der Waals surface area contributed by atoms with E-state index in [-0.39, 0.29) is 12.1 Å². The Bertz CT molecular complexity index is 688. The highest BCUT2D eigenvalue weighted by atomic mass is 16.1. The average molecular weight is 270 g/mol. The Labute approximate surface area is 115 Å². The lowest BCUT2D eigenvalue weighted by molar-refractivity contribution is 0.637. The quantitative estimate of drug-likeness (QED) is 0.787. The lowest BCUT2D eigenvalue weighted by Crippen LogP contribution is -2.24. The van der Waals surface area contributed by atoms with Crippen LogP contribution in [0.25, 0.3) is 0 Å². The monoisotopic (exact) mass is 270 g/mol. The number of hydrogen-bond acceptors (Lipinski definition) is 6. The predicted molar refractivity (Wildman–Crippen MR) is 74.1 cm³/mol. The van der Waals surface area contributed by atoms with Crippen molar-refractivity contribution in [3.05, 3.63) is 52.2 Å². The van der Waals surface area contributed by atoms with Crippen LogP contribution in [0, 0.1) is 11.3 Å². The van der Waals surface area contributed by atoms with E-state index in [0.717, 1.165) is 0 Å². The maximum absolute atomic E-state index is 11.9. The van der Waals surface area contributed by atoms with Gasteiger partial charge in [-0.2, -0.15) is 10.4 Å². The second kappa shape index (κ2) is 6.45. The smallest absolute Gasteiger partial charge is 0.269 e. The van der Waals surface area contributed by atoms with Crippen molar-refractivity contribution in [3.8, 4) is 6.07 Å². The highest BCUT2D eigenvalue weighted by Gasteiger charge is 2.06. The van der Waals surface area contributed by atoms with E-state index in [0.29, 0.717) is 30.0 Å². The first kappa shape index (κ1) is 13.7. The molecular formula is C13H14N6O. The minimum atomic E-state index is -0.250. The Morgan fingerprint density at radius 1 is 1.50 bits per heavy atom. The fraction of sp³-hybridized carbons (Fsp3) is 0.231. The second-order valence-electron chi connectivity index (χ2n) is 4.08. The van der Waals surface area contributed by atoms with E-state index in [1.165, 1.54) is 16.9 Å². The van der Waals surface area contributed by atoms with Crippen LogP contribution in [-0.4, -0.2) is 27.9 Å². The lowest BCUT2D eigenvalue weighted by Gasteiger charge is -2.08. The molecule has 0 bridgehead atoms. The molecule has 0 aliphatic heterocycles. The topological polar surface area (TPSA) is 110 Å². The summed E-state index contributed by atoms with van der Waals surface area (Å²) in [5.41, 5.74) is 6.71. The van der Waals surface area contributed by atoms with Crippen LogP contribution in [-0.2, 0) is 6.54 Å². The zero-order chi connectivity index (χ0) is 14.4. The van der Waals surface area contributed by atoms with E-state index < -0.39 is 0 Å². The number of nitrogens with one attached hydrogen (secondary N) is 1. The van der Waals surface area contributed by atoms with Gasteiger partial charge >= 0.3 is 0 Å². The molecule has 0 saturated heterocycles.